The molecule has 1 N–H and O–H groups in total. The lowest BCUT2D eigenvalue weighted by Crippen LogP contribution is -2.26. The van der Waals surface area contributed by atoms with Gasteiger partial charge >= 0.3 is 5.97 Å². The van der Waals surface area contributed by atoms with E-state index in [1.807, 2.05) is 24.3 Å². The average Bonchev–Trinajstić information content (AvgIpc) is 2.39. The fraction of sp³-hybridized carbons (Fsp3) is 0.214. The van der Waals surface area contributed by atoms with Crippen molar-refractivity contribution in [3.63, 3.8) is 0 Å². The molecule has 0 atom stereocenters. The van der Waals surface area contributed by atoms with Crippen LogP contribution in [0.4, 0.5) is 0 Å². The van der Waals surface area contributed by atoms with E-state index in [0.29, 0.717) is 18.7 Å². The summed E-state index contributed by atoms with van der Waals surface area (Å²) in [6.45, 7) is 1.99. The van der Waals surface area contributed by atoms with Crippen molar-refractivity contribution in [3.8, 4) is 0 Å². The summed E-state index contributed by atoms with van der Waals surface area (Å²) in [6.07, 6.45) is 0.651. The lowest BCUT2D eigenvalue weighted by molar-refractivity contribution is 0.0695. The fourth-order valence-electron chi connectivity index (χ4n) is 1.89. The van der Waals surface area contributed by atoms with Crippen LogP contribution in [0.2, 0.25) is 0 Å². The van der Waals surface area contributed by atoms with Crippen LogP contribution in [-0.2, 0) is 13.0 Å². The van der Waals surface area contributed by atoms with Crippen LogP contribution in [0.1, 0.15) is 21.6 Å². The Bertz CT molecular complexity index is 710. The number of carboxylic acid groups (broad SMARTS) is 1. The van der Waals surface area contributed by atoms with Gasteiger partial charge in [0.2, 0.25) is 0 Å². The maximum atomic E-state index is 11.8. The zero-order valence-corrected chi connectivity index (χ0v) is 12.4. The number of nitrogens with zero attached hydrogens (tertiary/aromatic N) is 2. The number of aromatic carboxylic acids is 1. The second-order valence-electron chi connectivity index (χ2n) is 4.39. The third-order valence-electron chi connectivity index (χ3n) is 2.91. The van der Waals surface area contributed by atoms with Gasteiger partial charge in [-0.2, -0.15) is 5.10 Å². The molecule has 0 aliphatic rings. The third kappa shape index (κ3) is 3.33. The monoisotopic (exact) mass is 336 g/mol. The number of hydrogen-bond acceptors (Lipinski definition) is 3. The average molecular weight is 337 g/mol. The minimum absolute atomic E-state index is 0.0475. The molecule has 1 aromatic heterocycles. The molecule has 2 rings (SSSR count). The van der Waals surface area contributed by atoms with Crippen molar-refractivity contribution in [2.24, 2.45) is 0 Å². The van der Waals surface area contributed by atoms with Crippen LogP contribution in [-0.4, -0.2) is 20.9 Å². The number of aromatic nitrogens is 2. The molecule has 0 saturated carbocycles. The van der Waals surface area contributed by atoms with Crippen LogP contribution in [0.5, 0.6) is 0 Å². The number of benzene rings is 1. The Hall–Kier alpha value is -1.95. The van der Waals surface area contributed by atoms with Crippen LogP contribution >= 0.6 is 15.9 Å². The summed E-state index contributed by atoms with van der Waals surface area (Å²) < 4.78 is 2.27. The van der Waals surface area contributed by atoms with Crippen LogP contribution in [0.25, 0.3) is 0 Å². The zero-order valence-electron chi connectivity index (χ0n) is 10.8. The topological polar surface area (TPSA) is 72.2 Å². The standard InChI is InChI=1S/C14H13BrN2O3/c1-9-12(14(19)20)8-13(18)17(16-9)6-5-10-3-2-4-11(15)7-10/h2-4,7-8H,5-6H2,1H3,(H,19,20). The number of halogens is 1. The SMILES string of the molecule is Cc1nn(CCc2cccc(Br)c2)c(=O)cc1C(=O)O. The van der Waals surface area contributed by atoms with Crippen molar-refractivity contribution in [1.82, 2.24) is 9.78 Å². The quantitative estimate of drug-likeness (QED) is 0.929. The van der Waals surface area contributed by atoms with Gasteiger partial charge in [0, 0.05) is 17.1 Å². The van der Waals surface area contributed by atoms with Gasteiger partial charge in [-0.25, -0.2) is 9.48 Å². The van der Waals surface area contributed by atoms with E-state index in [4.69, 9.17) is 5.11 Å². The molecule has 1 aromatic carbocycles. The van der Waals surface area contributed by atoms with Gasteiger partial charge < -0.3 is 5.11 Å². The Morgan fingerprint density at radius 1 is 1.40 bits per heavy atom. The van der Waals surface area contributed by atoms with Crippen molar-refractivity contribution in [3.05, 3.63) is 62.0 Å². The third-order valence-corrected chi connectivity index (χ3v) is 3.41. The van der Waals surface area contributed by atoms with Gasteiger partial charge in [-0.3, -0.25) is 4.79 Å². The highest BCUT2D eigenvalue weighted by Gasteiger charge is 2.11. The minimum Gasteiger partial charge on any atom is -0.478 e. The molecule has 1 heterocycles. The lowest BCUT2D eigenvalue weighted by Gasteiger charge is -2.07. The number of hydrogen-bond donors (Lipinski definition) is 1. The first-order valence-corrected chi connectivity index (χ1v) is 6.83. The van der Waals surface area contributed by atoms with E-state index in [1.165, 1.54) is 4.68 Å². The molecule has 6 heteroatoms. The smallest absolute Gasteiger partial charge is 0.337 e. The largest absolute Gasteiger partial charge is 0.478 e. The van der Waals surface area contributed by atoms with Gasteiger partial charge in [0.1, 0.15) is 0 Å². The summed E-state index contributed by atoms with van der Waals surface area (Å²) in [7, 11) is 0. The second-order valence-corrected chi connectivity index (χ2v) is 5.31. The predicted molar refractivity (Wildman–Crippen MR) is 78.0 cm³/mol. The van der Waals surface area contributed by atoms with Crippen LogP contribution < -0.4 is 5.56 Å². The van der Waals surface area contributed by atoms with E-state index >= 15 is 0 Å². The Kier molecular flexibility index (Phi) is 4.34. The van der Waals surface area contributed by atoms with Crippen LogP contribution in [0.3, 0.4) is 0 Å². The Balaban J connectivity index is 2.20. The molecule has 0 fully saturated rings. The molecule has 2 aromatic rings. The molecule has 20 heavy (non-hydrogen) atoms. The highest BCUT2D eigenvalue weighted by molar-refractivity contribution is 9.10. The Morgan fingerprint density at radius 2 is 2.15 bits per heavy atom. The van der Waals surface area contributed by atoms with Gasteiger partial charge in [0.05, 0.1) is 11.3 Å². The highest BCUT2D eigenvalue weighted by Crippen LogP contribution is 2.12. The first-order valence-electron chi connectivity index (χ1n) is 6.04. The van der Waals surface area contributed by atoms with Crippen LogP contribution in [0.15, 0.2) is 39.6 Å². The number of aryl methyl sites for hydroxylation is 3. The van der Waals surface area contributed by atoms with Gasteiger partial charge in [0.15, 0.2) is 0 Å². The normalized spacial score (nSPS) is 10.5. The first kappa shape index (κ1) is 14.5. The van der Waals surface area contributed by atoms with Crippen molar-refractivity contribution >= 4 is 21.9 Å². The Morgan fingerprint density at radius 3 is 2.80 bits per heavy atom. The predicted octanol–water partition coefficient (Wildman–Crippen LogP) is 2.26. The second kappa shape index (κ2) is 6.00. The van der Waals surface area contributed by atoms with E-state index in [2.05, 4.69) is 21.0 Å². The van der Waals surface area contributed by atoms with Crippen molar-refractivity contribution in [2.75, 3.05) is 0 Å². The van der Waals surface area contributed by atoms with Gasteiger partial charge in [0.25, 0.3) is 5.56 Å². The zero-order chi connectivity index (χ0) is 14.7. The molecular weight excluding hydrogens is 324 g/mol. The lowest BCUT2D eigenvalue weighted by atomic mass is 10.1. The molecule has 0 aliphatic heterocycles. The maximum Gasteiger partial charge on any atom is 0.337 e. The number of carboxylic acids is 1. The molecule has 0 aliphatic carbocycles. The number of rotatable bonds is 4. The summed E-state index contributed by atoms with van der Waals surface area (Å²) >= 11 is 3.39. The molecule has 0 bridgehead atoms. The molecule has 0 spiro atoms. The van der Waals surface area contributed by atoms with E-state index in [0.717, 1.165) is 16.1 Å². The summed E-state index contributed by atoms with van der Waals surface area (Å²) in [5.41, 5.74) is 0.969. The van der Waals surface area contributed by atoms with E-state index in [-0.39, 0.29) is 5.56 Å². The van der Waals surface area contributed by atoms with E-state index in [1.54, 1.807) is 6.92 Å². The molecule has 0 amide bonds. The molecule has 0 unspecified atom stereocenters. The summed E-state index contributed by atoms with van der Waals surface area (Å²) in [6, 6.07) is 8.91. The summed E-state index contributed by atoms with van der Waals surface area (Å²) in [5.74, 6) is -1.13. The first-order chi connectivity index (χ1) is 9.47. The highest BCUT2D eigenvalue weighted by atomic mass is 79.9. The van der Waals surface area contributed by atoms with Gasteiger partial charge in [-0.05, 0) is 31.0 Å². The molecule has 104 valence electrons. The van der Waals surface area contributed by atoms with E-state index < -0.39 is 11.5 Å². The summed E-state index contributed by atoms with van der Waals surface area (Å²) in [5, 5.41) is 13.0. The maximum absolute atomic E-state index is 11.8. The van der Waals surface area contributed by atoms with Gasteiger partial charge in [-0.1, -0.05) is 28.1 Å². The van der Waals surface area contributed by atoms with Crippen molar-refractivity contribution in [2.45, 2.75) is 19.9 Å². The van der Waals surface area contributed by atoms with Crippen molar-refractivity contribution in [1.29, 1.82) is 0 Å². The fourth-order valence-corrected chi connectivity index (χ4v) is 2.34. The summed E-state index contributed by atoms with van der Waals surface area (Å²) in [4.78, 5) is 22.7. The van der Waals surface area contributed by atoms with Crippen molar-refractivity contribution < 1.29 is 9.90 Å². The number of carbonyl (C=O) groups is 1. The minimum atomic E-state index is -1.13. The Labute approximate surface area is 124 Å². The van der Waals surface area contributed by atoms with Crippen LogP contribution in [0, 0.1) is 6.92 Å². The molecule has 0 saturated heterocycles. The molecular formula is C14H13BrN2O3. The molecule has 0 radical (unpaired) electrons. The molecule has 5 nitrogen and oxygen atoms in total. The van der Waals surface area contributed by atoms with E-state index in [9.17, 15) is 9.59 Å². The van der Waals surface area contributed by atoms with Gasteiger partial charge in [-0.15, -0.1) is 0 Å².